The van der Waals surface area contributed by atoms with E-state index in [2.05, 4.69) is 179 Å². The highest BCUT2D eigenvalue weighted by atomic mass is 31.2. The van der Waals surface area contributed by atoms with E-state index in [4.69, 9.17) is 32.3 Å². The summed E-state index contributed by atoms with van der Waals surface area (Å²) in [4.78, 5) is 58.8. The molecular weight excluding hydrogens is 1410 g/mol. The number of aliphatic hydroxyl groups excluding tert-OH is 2. The minimum Gasteiger partial charge on any atom is -0.463 e. The van der Waals surface area contributed by atoms with Crippen LogP contribution >= 0.6 is 15.6 Å². The number of rotatable bonds is 80. The molecule has 0 rings (SSSR count). The lowest BCUT2D eigenvalue weighted by Gasteiger charge is -2.21. The molecule has 0 aliphatic heterocycles. The van der Waals surface area contributed by atoms with Gasteiger partial charge in [0.1, 0.15) is 25.4 Å². The summed E-state index contributed by atoms with van der Waals surface area (Å²) >= 11 is 0. The van der Waals surface area contributed by atoms with Gasteiger partial charge in [-0.05, 0) is 148 Å². The molecule has 0 amide bonds. The molecule has 4 N–H and O–H groups in total. The Bertz CT molecular complexity index is 2610. The van der Waals surface area contributed by atoms with E-state index in [1.54, 1.807) is 0 Å². The number of allylic oxidation sites excluding steroid dienone is 26. The molecule has 0 radical (unpaired) electrons. The summed E-state index contributed by atoms with van der Waals surface area (Å²) < 4.78 is 61.2. The smallest absolute Gasteiger partial charge is 0.463 e. The number of hydrogen-bond donors (Lipinski definition) is 4. The summed E-state index contributed by atoms with van der Waals surface area (Å²) in [5.74, 6) is -1.62. The second kappa shape index (κ2) is 82.6. The molecule has 0 heterocycles. The van der Waals surface area contributed by atoms with Crippen LogP contribution in [0.15, 0.2) is 158 Å². The Kier molecular flexibility index (Phi) is 79.0. The van der Waals surface area contributed by atoms with Gasteiger partial charge in [0.15, 0.2) is 6.10 Å². The Labute approximate surface area is 663 Å². The number of carbonyl (C=O) groups is 3. The topological polar surface area (TPSA) is 231 Å². The normalized spacial score (nSPS) is 14.7. The predicted molar refractivity (Wildman–Crippen MR) is 454 cm³/mol. The van der Waals surface area contributed by atoms with Crippen molar-refractivity contribution in [3.05, 3.63) is 158 Å². The molecule has 0 aromatic heterocycles. The molecule has 0 aromatic carbocycles. The minimum absolute atomic E-state index is 0.0672. The zero-order valence-electron chi connectivity index (χ0n) is 68.4. The van der Waals surface area contributed by atoms with Gasteiger partial charge in [-0.15, -0.1) is 0 Å². The monoisotopic (exact) mass is 1570 g/mol. The van der Waals surface area contributed by atoms with E-state index in [0.29, 0.717) is 19.3 Å². The average molecular weight is 1570 g/mol. The molecule has 5 unspecified atom stereocenters. The van der Waals surface area contributed by atoms with Gasteiger partial charge in [-0.1, -0.05) is 333 Å². The van der Waals surface area contributed by atoms with Crippen LogP contribution in [0.5, 0.6) is 0 Å². The lowest BCUT2D eigenvalue weighted by molar-refractivity contribution is -0.161. The van der Waals surface area contributed by atoms with Crippen LogP contribution in [0.1, 0.15) is 342 Å². The van der Waals surface area contributed by atoms with Gasteiger partial charge in [0.05, 0.1) is 26.4 Å². The fourth-order valence-corrected chi connectivity index (χ4v) is 12.9. The standard InChI is InChI=1S/C91H154O16P2/c1-4-7-10-13-16-19-22-25-28-31-33-35-36-37-38-39-40-41-42-43-44-45-46-47-48-50-52-54-56-59-62-65-68-71-74-77-89(94)101-80-86(92)81-103-108(97,98)104-82-87(93)83-105-109(99,100)106-85-88(107-91(96)79-76-73-70-67-64-61-58-53-30-27-24-21-18-15-12-9-6-3)84-102-90(95)78-75-72-69-66-63-60-57-55-51-49-34-32-29-26-23-20-17-14-11-8-5-2/h8-9,11-12,16-21,25-30,33-35,37-38,49,55,57-58,61,86-88,92-93H,4-7,10,13-15,22-24,31-32,36,39-48,50-54,56,59-60,62-85H2,1-3H3,(H,97,98)(H,99,100)/b11-8-,12-9-,19-16-,20-17-,21-18-,28-25-,29-26-,30-27-,35-33-,38-37-,49-34-,57-55-,61-58-. The van der Waals surface area contributed by atoms with Gasteiger partial charge in [-0.3, -0.25) is 32.5 Å². The Morgan fingerprint density at radius 3 is 0.771 bits per heavy atom. The van der Waals surface area contributed by atoms with Crippen molar-refractivity contribution >= 4 is 33.6 Å². The van der Waals surface area contributed by atoms with E-state index < -0.39 is 91.5 Å². The molecule has 0 saturated carbocycles. The zero-order valence-corrected chi connectivity index (χ0v) is 70.2. The van der Waals surface area contributed by atoms with Gasteiger partial charge in [-0.2, -0.15) is 0 Å². The van der Waals surface area contributed by atoms with Crippen LogP contribution in [-0.4, -0.2) is 95.9 Å². The minimum atomic E-state index is -4.95. The van der Waals surface area contributed by atoms with E-state index in [-0.39, 0.29) is 19.3 Å². The summed E-state index contributed by atoms with van der Waals surface area (Å²) in [5.41, 5.74) is 0. The first-order chi connectivity index (χ1) is 53.2. The Morgan fingerprint density at radius 1 is 0.266 bits per heavy atom. The van der Waals surface area contributed by atoms with Crippen molar-refractivity contribution in [3.63, 3.8) is 0 Å². The van der Waals surface area contributed by atoms with Gasteiger partial charge in [-0.25, -0.2) is 9.13 Å². The Hall–Kier alpha value is -4.83. The Morgan fingerprint density at radius 2 is 0.486 bits per heavy atom. The Balaban J connectivity index is 4.48. The highest BCUT2D eigenvalue weighted by molar-refractivity contribution is 7.47. The molecule has 0 bridgehead atoms. The summed E-state index contributed by atoms with van der Waals surface area (Å²) in [6.45, 7) is 2.39. The van der Waals surface area contributed by atoms with E-state index in [9.17, 15) is 43.5 Å². The molecule has 5 atom stereocenters. The van der Waals surface area contributed by atoms with Crippen LogP contribution in [0.2, 0.25) is 0 Å². The summed E-state index contributed by atoms with van der Waals surface area (Å²) in [6, 6.07) is 0. The summed E-state index contributed by atoms with van der Waals surface area (Å²) in [7, 11) is -9.82. The van der Waals surface area contributed by atoms with Gasteiger partial charge >= 0.3 is 33.6 Å². The first-order valence-corrected chi connectivity index (χ1v) is 45.8. The third-order valence-corrected chi connectivity index (χ3v) is 19.6. The summed E-state index contributed by atoms with van der Waals surface area (Å²) in [5, 5.41) is 20.7. The van der Waals surface area contributed by atoms with E-state index >= 15 is 0 Å². The zero-order chi connectivity index (χ0) is 79.4. The number of phosphoric acid groups is 2. The molecule has 0 aromatic rings. The third-order valence-electron chi connectivity index (χ3n) is 17.7. The molecule has 0 saturated heterocycles. The van der Waals surface area contributed by atoms with Gasteiger partial charge in [0, 0.05) is 19.3 Å². The van der Waals surface area contributed by atoms with Crippen LogP contribution in [0, 0.1) is 0 Å². The largest absolute Gasteiger partial charge is 0.472 e. The van der Waals surface area contributed by atoms with Gasteiger partial charge in [0.2, 0.25) is 0 Å². The SMILES string of the molecule is CC/C=C\C/C=C\C/C=C\C/C=C\C/C=C\CCCCCCCC(=O)OCC(COP(=O)(O)OCC(O)COP(=O)(O)OCC(O)COC(=O)CCCCCCCCCCCCCCCCCCCCC/C=C\C/C=C\C/C=C\C/C=C\CCCCC)OC(=O)CCCCCC/C=C\C/C=C\C/C=C\C/C=C\CC. The average Bonchev–Trinajstić information content (AvgIpc) is 0.903. The highest BCUT2D eigenvalue weighted by Crippen LogP contribution is 2.45. The maximum absolute atomic E-state index is 13.0. The fraction of sp³-hybridized carbons (Fsp3) is 0.681. The fourth-order valence-electron chi connectivity index (χ4n) is 11.3. The van der Waals surface area contributed by atoms with Crippen molar-refractivity contribution in [3.8, 4) is 0 Å². The second-order valence-corrected chi connectivity index (χ2v) is 31.1. The molecule has 624 valence electrons. The quantitative estimate of drug-likeness (QED) is 0.0146. The van der Waals surface area contributed by atoms with Crippen LogP contribution in [-0.2, 0) is 55.8 Å². The van der Waals surface area contributed by atoms with E-state index in [1.807, 2.05) is 0 Å². The lowest BCUT2D eigenvalue weighted by atomic mass is 10.0. The number of hydrogen-bond acceptors (Lipinski definition) is 14. The first-order valence-electron chi connectivity index (χ1n) is 42.8. The van der Waals surface area contributed by atoms with Crippen LogP contribution < -0.4 is 0 Å². The van der Waals surface area contributed by atoms with Gasteiger partial charge < -0.3 is 34.2 Å². The van der Waals surface area contributed by atoms with E-state index in [1.165, 1.54) is 128 Å². The molecule has 0 fully saturated rings. The van der Waals surface area contributed by atoms with Crippen molar-refractivity contribution in [2.24, 2.45) is 0 Å². The van der Waals surface area contributed by atoms with Crippen molar-refractivity contribution in [2.45, 2.75) is 360 Å². The molecule has 16 nitrogen and oxygen atoms in total. The number of esters is 3. The van der Waals surface area contributed by atoms with Crippen LogP contribution in [0.3, 0.4) is 0 Å². The molecule has 0 spiro atoms. The predicted octanol–water partition coefficient (Wildman–Crippen LogP) is 25.8. The first kappa shape index (κ1) is 104. The second-order valence-electron chi connectivity index (χ2n) is 28.2. The maximum atomic E-state index is 13.0. The molecule has 0 aliphatic rings. The number of ether oxygens (including phenoxy) is 3. The van der Waals surface area contributed by atoms with E-state index in [0.717, 1.165) is 154 Å². The number of unbranched alkanes of at least 4 members (excludes halogenated alkanes) is 31. The number of carbonyl (C=O) groups excluding carboxylic acids is 3. The molecule has 18 heteroatoms. The number of phosphoric ester groups is 2. The van der Waals surface area contributed by atoms with Crippen LogP contribution in [0.4, 0.5) is 0 Å². The highest BCUT2D eigenvalue weighted by Gasteiger charge is 2.29. The molecular formula is C91H154O16P2. The van der Waals surface area contributed by atoms with Crippen molar-refractivity contribution in [1.29, 1.82) is 0 Å². The van der Waals surface area contributed by atoms with Crippen molar-refractivity contribution in [2.75, 3.05) is 39.6 Å². The third kappa shape index (κ3) is 83.9. The maximum Gasteiger partial charge on any atom is 0.472 e. The van der Waals surface area contributed by atoms with Gasteiger partial charge in [0.25, 0.3) is 0 Å². The van der Waals surface area contributed by atoms with Crippen LogP contribution in [0.25, 0.3) is 0 Å². The number of aliphatic hydroxyl groups is 2. The summed E-state index contributed by atoms with van der Waals surface area (Å²) in [6.07, 6.45) is 105. The molecule has 0 aliphatic carbocycles. The van der Waals surface area contributed by atoms with Crippen molar-refractivity contribution < 1.29 is 75.8 Å². The van der Waals surface area contributed by atoms with Crippen molar-refractivity contribution in [1.82, 2.24) is 0 Å². The lowest BCUT2D eigenvalue weighted by Crippen LogP contribution is -2.30. The molecule has 109 heavy (non-hydrogen) atoms.